The summed E-state index contributed by atoms with van der Waals surface area (Å²) >= 11 is 5.81. The zero-order chi connectivity index (χ0) is 14.7. The minimum atomic E-state index is 0.408. The highest BCUT2D eigenvalue weighted by Crippen LogP contribution is 2.20. The molecule has 0 bridgehead atoms. The van der Waals surface area contributed by atoms with Crippen molar-refractivity contribution in [2.75, 3.05) is 12.4 Å². The van der Waals surface area contributed by atoms with Crippen LogP contribution in [-0.4, -0.2) is 22.1 Å². The van der Waals surface area contributed by atoms with E-state index in [9.17, 15) is 0 Å². The second-order valence-electron chi connectivity index (χ2n) is 4.44. The molecule has 0 aliphatic carbocycles. The van der Waals surface area contributed by atoms with Gasteiger partial charge < -0.3 is 10.1 Å². The summed E-state index contributed by atoms with van der Waals surface area (Å²) in [6.45, 7) is 0.565. The number of hydrogen-bond donors (Lipinski definition) is 1. The summed E-state index contributed by atoms with van der Waals surface area (Å²) in [5, 5.41) is 4.62. The fourth-order valence-corrected chi connectivity index (χ4v) is 2.13. The van der Waals surface area contributed by atoms with E-state index in [1.165, 1.54) is 6.33 Å². The maximum atomic E-state index is 5.81. The zero-order valence-corrected chi connectivity index (χ0v) is 12.1. The molecule has 2 heterocycles. The van der Waals surface area contributed by atoms with Crippen molar-refractivity contribution in [2.45, 2.75) is 6.54 Å². The van der Waals surface area contributed by atoms with E-state index in [4.69, 9.17) is 16.3 Å². The molecule has 3 aromatic rings. The molecule has 0 spiro atoms. The third-order valence-electron chi connectivity index (χ3n) is 3.04. The predicted molar refractivity (Wildman–Crippen MR) is 82.7 cm³/mol. The molecule has 6 heteroatoms. The third-order valence-corrected chi connectivity index (χ3v) is 3.25. The topological polar surface area (TPSA) is 59.9 Å². The molecule has 5 nitrogen and oxygen atoms in total. The summed E-state index contributed by atoms with van der Waals surface area (Å²) in [4.78, 5) is 12.5. The lowest BCUT2D eigenvalue weighted by Gasteiger charge is -2.07. The van der Waals surface area contributed by atoms with Crippen molar-refractivity contribution in [3.8, 4) is 5.75 Å². The highest BCUT2D eigenvalue weighted by atomic mass is 35.5. The van der Waals surface area contributed by atoms with Gasteiger partial charge in [0, 0.05) is 11.5 Å². The molecule has 2 aromatic heterocycles. The van der Waals surface area contributed by atoms with Gasteiger partial charge in [0.15, 0.2) is 0 Å². The van der Waals surface area contributed by atoms with E-state index in [2.05, 4.69) is 20.3 Å². The molecule has 0 saturated carbocycles. The first-order valence-electron chi connectivity index (χ1n) is 6.40. The van der Waals surface area contributed by atoms with Gasteiger partial charge in [-0.25, -0.2) is 9.97 Å². The van der Waals surface area contributed by atoms with E-state index in [0.29, 0.717) is 17.5 Å². The number of hydrogen-bond acceptors (Lipinski definition) is 5. The summed E-state index contributed by atoms with van der Waals surface area (Å²) in [7, 11) is 1.65. The first-order chi connectivity index (χ1) is 10.2. The van der Waals surface area contributed by atoms with Crippen LogP contribution in [0.15, 0.2) is 42.7 Å². The molecule has 0 saturated heterocycles. The minimum Gasteiger partial charge on any atom is -0.497 e. The number of aromatic nitrogens is 3. The molecule has 0 aliphatic heterocycles. The monoisotopic (exact) mass is 300 g/mol. The van der Waals surface area contributed by atoms with Gasteiger partial charge in [0.25, 0.3) is 0 Å². The molecule has 106 valence electrons. The highest BCUT2D eigenvalue weighted by Gasteiger charge is 2.02. The Morgan fingerprint density at radius 2 is 2.05 bits per heavy atom. The number of rotatable bonds is 4. The lowest BCUT2D eigenvalue weighted by molar-refractivity contribution is 0.415. The van der Waals surface area contributed by atoms with E-state index >= 15 is 0 Å². The lowest BCUT2D eigenvalue weighted by Crippen LogP contribution is -2.03. The van der Waals surface area contributed by atoms with Crippen molar-refractivity contribution in [1.29, 1.82) is 0 Å². The Labute approximate surface area is 127 Å². The summed E-state index contributed by atoms with van der Waals surface area (Å²) in [5.74, 6) is 1.50. The van der Waals surface area contributed by atoms with Gasteiger partial charge in [0.05, 0.1) is 24.9 Å². The van der Waals surface area contributed by atoms with Gasteiger partial charge in [0.2, 0.25) is 0 Å². The van der Waals surface area contributed by atoms with Gasteiger partial charge in [-0.05, 0) is 24.3 Å². The van der Waals surface area contributed by atoms with Crippen molar-refractivity contribution >= 4 is 28.3 Å². The van der Waals surface area contributed by atoms with Crippen LogP contribution in [0.1, 0.15) is 5.69 Å². The van der Waals surface area contributed by atoms with Crippen LogP contribution in [0.25, 0.3) is 10.9 Å². The Kier molecular flexibility index (Phi) is 3.83. The van der Waals surface area contributed by atoms with Gasteiger partial charge >= 0.3 is 0 Å². The smallest absolute Gasteiger partial charge is 0.134 e. The van der Waals surface area contributed by atoms with E-state index in [0.717, 1.165) is 22.3 Å². The van der Waals surface area contributed by atoms with Gasteiger partial charge in [-0.3, -0.25) is 4.98 Å². The Bertz CT molecular complexity index is 778. The van der Waals surface area contributed by atoms with E-state index < -0.39 is 0 Å². The maximum absolute atomic E-state index is 5.81. The second-order valence-corrected chi connectivity index (χ2v) is 4.83. The summed E-state index contributed by atoms with van der Waals surface area (Å²) < 4.78 is 5.20. The Hall–Kier alpha value is -2.40. The Balaban J connectivity index is 1.78. The summed E-state index contributed by atoms with van der Waals surface area (Å²) in [5.41, 5.74) is 1.85. The van der Waals surface area contributed by atoms with Crippen LogP contribution < -0.4 is 10.1 Å². The number of halogens is 1. The quantitative estimate of drug-likeness (QED) is 0.749. The first kappa shape index (κ1) is 13.6. The molecule has 0 fully saturated rings. The summed E-state index contributed by atoms with van der Waals surface area (Å²) in [6.07, 6.45) is 1.42. The molecule has 0 atom stereocenters. The normalized spacial score (nSPS) is 10.6. The van der Waals surface area contributed by atoms with Crippen LogP contribution in [0, 0.1) is 0 Å². The number of anilines is 1. The van der Waals surface area contributed by atoms with Gasteiger partial charge in [0.1, 0.15) is 23.0 Å². The van der Waals surface area contributed by atoms with Crippen LogP contribution in [0.4, 0.5) is 5.82 Å². The maximum Gasteiger partial charge on any atom is 0.134 e. The highest BCUT2D eigenvalue weighted by molar-refractivity contribution is 6.29. The van der Waals surface area contributed by atoms with Gasteiger partial charge in [-0.2, -0.15) is 0 Å². The van der Waals surface area contributed by atoms with Crippen molar-refractivity contribution in [3.05, 3.63) is 53.6 Å². The van der Waals surface area contributed by atoms with Gasteiger partial charge in [-0.15, -0.1) is 0 Å². The molecule has 0 radical (unpaired) electrons. The molecule has 0 unspecified atom stereocenters. The third kappa shape index (κ3) is 3.20. The largest absolute Gasteiger partial charge is 0.497 e. The SMILES string of the molecule is COc1ccc2nc(CNc3cc(Cl)ncn3)ccc2c1. The fraction of sp³-hybridized carbons (Fsp3) is 0.133. The van der Waals surface area contributed by atoms with Crippen molar-refractivity contribution in [2.24, 2.45) is 0 Å². The van der Waals surface area contributed by atoms with E-state index in [1.807, 2.05) is 30.3 Å². The number of fused-ring (bicyclic) bond motifs is 1. The number of nitrogens with zero attached hydrogens (tertiary/aromatic N) is 3. The number of benzene rings is 1. The van der Waals surface area contributed by atoms with Crippen molar-refractivity contribution in [3.63, 3.8) is 0 Å². The molecule has 1 aromatic carbocycles. The van der Waals surface area contributed by atoms with Crippen LogP contribution in [0.3, 0.4) is 0 Å². The first-order valence-corrected chi connectivity index (χ1v) is 6.77. The van der Waals surface area contributed by atoms with E-state index in [-0.39, 0.29) is 0 Å². The Morgan fingerprint density at radius 1 is 1.14 bits per heavy atom. The lowest BCUT2D eigenvalue weighted by atomic mass is 10.2. The van der Waals surface area contributed by atoms with Crippen LogP contribution in [-0.2, 0) is 6.54 Å². The fourth-order valence-electron chi connectivity index (χ4n) is 1.98. The zero-order valence-electron chi connectivity index (χ0n) is 11.4. The van der Waals surface area contributed by atoms with Crippen LogP contribution in [0.5, 0.6) is 5.75 Å². The van der Waals surface area contributed by atoms with Crippen LogP contribution in [0.2, 0.25) is 5.15 Å². The molecular weight excluding hydrogens is 288 g/mol. The summed E-state index contributed by atoms with van der Waals surface area (Å²) in [6, 6.07) is 11.5. The van der Waals surface area contributed by atoms with Crippen molar-refractivity contribution in [1.82, 2.24) is 15.0 Å². The molecule has 1 N–H and O–H groups in total. The average molecular weight is 301 g/mol. The predicted octanol–water partition coefficient (Wildman–Crippen LogP) is 3.30. The van der Waals surface area contributed by atoms with Crippen LogP contribution >= 0.6 is 11.6 Å². The molecule has 21 heavy (non-hydrogen) atoms. The molecular formula is C15H13ClN4O. The number of nitrogens with one attached hydrogen (secondary N) is 1. The number of ether oxygens (including phenoxy) is 1. The number of pyridine rings is 1. The number of methoxy groups -OCH3 is 1. The van der Waals surface area contributed by atoms with Gasteiger partial charge in [-0.1, -0.05) is 17.7 Å². The van der Waals surface area contributed by atoms with Crippen molar-refractivity contribution < 1.29 is 4.74 Å². The second kappa shape index (κ2) is 5.93. The molecule has 0 aliphatic rings. The standard InChI is InChI=1S/C15H13ClN4O/c1-21-12-4-5-13-10(6-12)2-3-11(20-13)8-17-15-7-14(16)18-9-19-15/h2-7,9H,8H2,1H3,(H,17,18,19). The molecule has 3 rings (SSSR count). The Morgan fingerprint density at radius 3 is 2.86 bits per heavy atom. The molecule has 0 amide bonds. The average Bonchev–Trinajstić information content (AvgIpc) is 2.52. The minimum absolute atomic E-state index is 0.408. The van der Waals surface area contributed by atoms with E-state index in [1.54, 1.807) is 13.2 Å².